The number of pyridine rings is 1. The monoisotopic (exact) mass is 443 g/mol. The second kappa shape index (κ2) is 7.92. The van der Waals surface area contributed by atoms with Gasteiger partial charge in [0.1, 0.15) is 0 Å². The van der Waals surface area contributed by atoms with Crippen molar-refractivity contribution in [3.05, 3.63) is 76.9 Å². The Hall–Kier alpha value is -3.32. The quantitative estimate of drug-likeness (QED) is 0.726. The molecule has 2 unspecified atom stereocenters. The second-order valence-electron chi connectivity index (χ2n) is 9.37. The van der Waals surface area contributed by atoms with Crippen LogP contribution in [0.5, 0.6) is 0 Å². The molecule has 5 rings (SSSR count). The van der Waals surface area contributed by atoms with Crippen LogP contribution in [0.25, 0.3) is 11.1 Å². The molecule has 0 spiro atoms. The molecule has 2 N–H and O–H groups in total. The molecule has 7 nitrogen and oxygen atoms in total. The summed E-state index contributed by atoms with van der Waals surface area (Å²) in [6.07, 6.45) is 4.75. The average Bonchev–Trinajstić information content (AvgIpc) is 3.26. The van der Waals surface area contributed by atoms with Gasteiger partial charge in [-0.15, -0.1) is 0 Å². The van der Waals surface area contributed by atoms with Gasteiger partial charge in [0, 0.05) is 36.7 Å². The Morgan fingerprint density at radius 2 is 2.03 bits per heavy atom. The highest BCUT2D eigenvalue weighted by Gasteiger charge is 2.53. The van der Waals surface area contributed by atoms with Gasteiger partial charge in [-0.3, -0.25) is 9.78 Å². The fourth-order valence-electron chi connectivity index (χ4n) is 5.62. The number of aryl methyl sites for hydroxylation is 1. The maximum Gasteiger partial charge on any atom is 0.250 e. The first-order chi connectivity index (χ1) is 15.9. The summed E-state index contributed by atoms with van der Waals surface area (Å²) in [5.41, 5.74) is 5.83. The summed E-state index contributed by atoms with van der Waals surface area (Å²) in [5.74, 6) is -0.0680. The van der Waals surface area contributed by atoms with Crippen LogP contribution in [-0.4, -0.2) is 36.3 Å². The summed E-state index contributed by atoms with van der Waals surface area (Å²) in [6, 6.07) is 12.6. The van der Waals surface area contributed by atoms with Crippen molar-refractivity contribution in [1.82, 2.24) is 15.6 Å². The molecule has 4 heterocycles. The number of nitrogens with one attached hydrogen (secondary N) is 2. The summed E-state index contributed by atoms with van der Waals surface area (Å²) < 4.78 is 5.41. The van der Waals surface area contributed by atoms with Crippen LogP contribution >= 0.6 is 0 Å². The maximum absolute atomic E-state index is 13.7. The number of fused-ring (bicyclic) bond motifs is 1. The molecule has 0 saturated heterocycles. The Morgan fingerprint density at radius 1 is 1.21 bits per heavy atom. The zero-order chi connectivity index (χ0) is 23.2. The van der Waals surface area contributed by atoms with Gasteiger partial charge in [0.15, 0.2) is 6.17 Å². The van der Waals surface area contributed by atoms with Crippen molar-refractivity contribution < 1.29 is 9.53 Å². The van der Waals surface area contributed by atoms with Crippen molar-refractivity contribution in [2.24, 2.45) is 10.2 Å². The molecular weight excluding hydrogens is 414 g/mol. The van der Waals surface area contributed by atoms with Crippen LogP contribution in [0.15, 0.2) is 75.9 Å². The molecule has 1 aromatic carbocycles. The highest BCUT2D eigenvalue weighted by Crippen LogP contribution is 2.51. The smallest absolute Gasteiger partial charge is 0.250 e. The molecule has 33 heavy (non-hydrogen) atoms. The Morgan fingerprint density at radius 3 is 2.79 bits per heavy atom. The molecule has 1 amide bonds. The number of amides is 1. The number of benzene rings is 1. The van der Waals surface area contributed by atoms with Crippen molar-refractivity contribution in [2.45, 2.75) is 50.7 Å². The topological polar surface area (TPSA) is 88.0 Å². The van der Waals surface area contributed by atoms with E-state index in [2.05, 4.69) is 63.1 Å². The number of aromatic nitrogens is 1. The molecule has 3 atom stereocenters. The molecule has 7 heteroatoms. The molecule has 170 valence electrons. The number of hydrogen-bond donors (Lipinski definition) is 2. The lowest BCUT2D eigenvalue weighted by Gasteiger charge is -2.48. The minimum Gasteiger partial charge on any atom is -0.382 e. The van der Waals surface area contributed by atoms with E-state index in [4.69, 9.17) is 4.74 Å². The molecule has 3 aliphatic heterocycles. The Kier molecular flexibility index (Phi) is 5.16. The van der Waals surface area contributed by atoms with Crippen molar-refractivity contribution in [1.29, 1.82) is 0 Å². The number of carbonyl (C=O) groups is 1. The minimum absolute atomic E-state index is 0.0680. The van der Waals surface area contributed by atoms with Crippen LogP contribution in [0, 0.1) is 6.92 Å². The van der Waals surface area contributed by atoms with E-state index in [1.165, 1.54) is 0 Å². The number of carbonyl (C=O) groups excluding carboxylic acids is 1. The SMILES string of the molecule is CC[C@]1(c2cccc(-c3ccnc(C)c3)c2)C2=CN=NC2NC2=C1C(=O)NC(C)(COC)C2. The van der Waals surface area contributed by atoms with Gasteiger partial charge in [0.05, 0.1) is 29.3 Å². The molecule has 2 aromatic rings. The van der Waals surface area contributed by atoms with Crippen molar-refractivity contribution >= 4 is 5.91 Å². The van der Waals surface area contributed by atoms with Crippen LogP contribution in [0.1, 0.15) is 37.9 Å². The summed E-state index contributed by atoms with van der Waals surface area (Å²) in [6.45, 7) is 6.57. The third kappa shape index (κ3) is 3.38. The van der Waals surface area contributed by atoms with Crippen LogP contribution < -0.4 is 10.6 Å². The normalized spacial score (nSPS) is 28.1. The first kappa shape index (κ1) is 21.5. The summed E-state index contributed by atoms with van der Waals surface area (Å²) in [7, 11) is 1.66. The predicted octanol–water partition coefficient (Wildman–Crippen LogP) is 4.16. The standard InChI is InChI=1S/C26H29N5O2/c1-5-26(19-8-6-7-17(12-19)18-9-10-27-16(2)11-18)20-14-28-31-23(20)29-21-13-25(3,15-33-4)30-24(32)22(21)26/h6-12,14,23,29H,5,13,15H2,1-4H3,(H,30,32)/t23?,25?,26-/m0/s1. The van der Waals surface area contributed by atoms with E-state index in [1.54, 1.807) is 7.11 Å². The van der Waals surface area contributed by atoms with Gasteiger partial charge < -0.3 is 15.4 Å². The lowest BCUT2D eigenvalue weighted by Crippen LogP contribution is -2.60. The zero-order valence-electron chi connectivity index (χ0n) is 19.5. The van der Waals surface area contributed by atoms with Crippen LogP contribution in [0.3, 0.4) is 0 Å². The second-order valence-corrected chi connectivity index (χ2v) is 9.37. The van der Waals surface area contributed by atoms with Gasteiger partial charge >= 0.3 is 0 Å². The molecule has 3 aliphatic rings. The summed E-state index contributed by atoms with van der Waals surface area (Å²) in [4.78, 5) is 18.0. The molecular formula is C26H29N5O2. The fraction of sp³-hybridized carbons (Fsp3) is 0.385. The zero-order valence-corrected chi connectivity index (χ0v) is 19.5. The van der Waals surface area contributed by atoms with Gasteiger partial charge in [0.2, 0.25) is 0 Å². The first-order valence-electron chi connectivity index (χ1n) is 11.4. The van der Waals surface area contributed by atoms with E-state index in [0.29, 0.717) is 19.4 Å². The first-order valence-corrected chi connectivity index (χ1v) is 11.4. The lowest BCUT2D eigenvalue weighted by atomic mass is 9.62. The summed E-state index contributed by atoms with van der Waals surface area (Å²) >= 11 is 0. The highest BCUT2D eigenvalue weighted by molar-refractivity contribution is 6.00. The average molecular weight is 444 g/mol. The molecule has 0 radical (unpaired) electrons. The fourth-order valence-corrected chi connectivity index (χ4v) is 5.62. The highest BCUT2D eigenvalue weighted by atomic mass is 16.5. The van der Waals surface area contributed by atoms with Crippen molar-refractivity contribution in [3.63, 3.8) is 0 Å². The minimum atomic E-state index is -0.620. The van der Waals surface area contributed by atoms with E-state index in [1.807, 2.05) is 32.3 Å². The van der Waals surface area contributed by atoms with E-state index in [-0.39, 0.29) is 12.1 Å². The van der Waals surface area contributed by atoms with Gasteiger partial charge in [-0.1, -0.05) is 25.1 Å². The van der Waals surface area contributed by atoms with E-state index in [9.17, 15) is 4.79 Å². The number of ether oxygens (including phenoxy) is 1. The Bertz CT molecular complexity index is 1220. The molecule has 0 aliphatic carbocycles. The van der Waals surface area contributed by atoms with Gasteiger partial charge in [-0.25, -0.2) is 0 Å². The molecule has 0 bridgehead atoms. The molecule has 0 fully saturated rings. The number of hydrogen-bond acceptors (Lipinski definition) is 6. The number of methoxy groups -OCH3 is 1. The van der Waals surface area contributed by atoms with E-state index in [0.717, 1.165) is 39.2 Å². The molecule has 1 aromatic heterocycles. The summed E-state index contributed by atoms with van der Waals surface area (Å²) in [5, 5.41) is 15.4. The van der Waals surface area contributed by atoms with Crippen molar-refractivity contribution in [3.8, 4) is 11.1 Å². The van der Waals surface area contributed by atoms with Crippen LogP contribution in [-0.2, 0) is 14.9 Å². The largest absolute Gasteiger partial charge is 0.382 e. The van der Waals surface area contributed by atoms with Crippen LogP contribution in [0.4, 0.5) is 0 Å². The predicted molar refractivity (Wildman–Crippen MR) is 126 cm³/mol. The number of rotatable bonds is 5. The number of nitrogens with zero attached hydrogens (tertiary/aromatic N) is 3. The maximum atomic E-state index is 13.7. The van der Waals surface area contributed by atoms with Crippen molar-refractivity contribution in [2.75, 3.05) is 13.7 Å². The third-order valence-electron chi connectivity index (χ3n) is 6.99. The third-order valence-corrected chi connectivity index (χ3v) is 6.99. The number of azo groups is 1. The molecule has 0 saturated carbocycles. The van der Waals surface area contributed by atoms with Gasteiger partial charge in [-0.05, 0) is 55.2 Å². The lowest BCUT2D eigenvalue weighted by molar-refractivity contribution is -0.121. The van der Waals surface area contributed by atoms with Gasteiger partial charge in [-0.2, -0.15) is 10.2 Å². The Labute approximate surface area is 194 Å². The van der Waals surface area contributed by atoms with E-state index < -0.39 is 11.0 Å². The van der Waals surface area contributed by atoms with Gasteiger partial charge in [0.25, 0.3) is 5.91 Å². The van der Waals surface area contributed by atoms with Crippen LogP contribution in [0.2, 0.25) is 0 Å². The van der Waals surface area contributed by atoms with E-state index >= 15 is 0 Å². The Balaban J connectivity index is 1.70.